The summed E-state index contributed by atoms with van der Waals surface area (Å²) < 4.78 is 0. The Labute approximate surface area is 121 Å². The molecular formula is C18H22N2. The zero-order chi connectivity index (χ0) is 13.9. The molecule has 20 heavy (non-hydrogen) atoms. The van der Waals surface area contributed by atoms with Crippen molar-refractivity contribution in [1.29, 1.82) is 0 Å². The minimum Gasteiger partial charge on any atom is -0.360 e. The highest BCUT2D eigenvalue weighted by atomic mass is 14.8. The standard InChI is InChI=1S/C18H22N2/c1-13-10-14(2)18(20-12-16-8-5-9-19-16)17(11-13)15-6-3-4-7-15/h5,8-12,15,19H,3-4,6-7H2,1-2H3. The Morgan fingerprint density at radius 2 is 2.00 bits per heavy atom. The first-order chi connectivity index (χ1) is 9.74. The minimum absolute atomic E-state index is 0.699. The first kappa shape index (κ1) is 13.2. The lowest BCUT2D eigenvalue weighted by molar-refractivity contribution is 0.722. The average Bonchev–Trinajstić information content (AvgIpc) is 3.10. The molecule has 0 amide bonds. The average molecular weight is 266 g/mol. The molecule has 1 N–H and O–H groups in total. The van der Waals surface area contributed by atoms with E-state index in [-0.39, 0.29) is 0 Å². The number of rotatable bonds is 3. The van der Waals surface area contributed by atoms with Crippen molar-refractivity contribution >= 4 is 11.9 Å². The van der Waals surface area contributed by atoms with Gasteiger partial charge in [0.25, 0.3) is 0 Å². The minimum atomic E-state index is 0.699. The van der Waals surface area contributed by atoms with Gasteiger partial charge in [0, 0.05) is 6.20 Å². The third kappa shape index (κ3) is 2.69. The van der Waals surface area contributed by atoms with E-state index in [4.69, 9.17) is 4.99 Å². The first-order valence-electron chi connectivity index (χ1n) is 7.52. The Hall–Kier alpha value is -1.83. The summed E-state index contributed by atoms with van der Waals surface area (Å²) in [7, 11) is 0. The fourth-order valence-corrected chi connectivity index (χ4v) is 3.28. The van der Waals surface area contributed by atoms with E-state index in [1.54, 1.807) is 0 Å². The fraction of sp³-hybridized carbons (Fsp3) is 0.389. The van der Waals surface area contributed by atoms with Crippen LogP contribution in [0.2, 0.25) is 0 Å². The summed E-state index contributed by atoms with van der Waals surface area (Å²) in [5, 5.41) is 0. The highest BCUT2D eigenvalue weighted by molar-refractivity contribution is 5.80. The number of hydrogen-bond acceptors (Lipinski definition) is 1. The van der Waals surface area contributed by atoms with Gasteiger partial charge in [-0.3, -0.25) is 4.99 Å². The van der Waals surface area contributed by atoms with Crippen molar-refractivity contribution in [2.75, 3.05) is 0 Å². The summed E-state index contributed by atoms with van der Waals surface area (Å²) in [6.07, 6.45) is 9.22. The monoisotopic (exact) mass is 266 g/mol. The van der Waals surface area contributed by atoms with Crippen LogP contribution >= 0.6 is 0 Å². The Bertz CT molecular complexity index is 603. The second-order valence-corrected chi connectivity index (χ2v) is 5.88. The molecule has 1 fully saturated rings. The van der Waals surface area contributed by atoms with Crippen LogP contribution in [-0.2, 0) is 0 Å². The lowest BCUT2D eigenvalue weighted by atomic mass is 9.92. The zero-order valence-corrected chi connectivity index (χ0v) is 12.3. The summed E-state index contributed by atoms with van der Waals surface area (Å²) in [5.41, 5.74) is 6.32. The van der Waals surface area contributed by atoms with Gasteiger partial charge in [0.2, 0.25) is 0 Å². The van der Waals surface area contributed by atoms with Gasteiger partial charge in [-0.25, -0.2) is 0 Å². The second-order valence-electron chi connectivity index (χ2n) is 5.88. The van der Waals surface area contributed by atoms with Gasteiger partial charge in [-0.15, -0.1) is 0 Å². The lowest BCUT2D eigenvalue weighted by Gasteiger charge is -2.16. The van der Waals surface area contributed by atoms with Crippen molar-refractivity contribution < 1.29 is 0 Å². The zero-order valence-electron chi connectivity index (χ0n) is 12.3. The number of H-pyrrole nitrogens is 1. The van der Waals surface area contributed by atoms with Gasteiger partial charge in [-0.05, 0) is 55.9 Å². The van der Waals surface area contributed by atoms with E-state index in [1.807, 2.05) is 24.5 Å². The normalized spacial score (nSPS) is 16.3. The van der Waals surface area contributed by atoms with Gasteiger partial charge in [0.05, 0.1) is 17.6 Å². The number of nitrogens with zero attached hydrogens (tertiary/aromatic N) is 1. The van der Waals surface area contributed by atoms with Crippen molar-refractivity contribution in [2.24, 2.45) is 4.99 Å². The van der Waals surface area contributed by atoms with Crippen LogP contribution in [0.15, 0.2) is 35.5 Å². The smallest absolute Gasteiger partial charge is 0.0694 e. The largest absolute Gasteiger partial charge is 0.360 e. The number of aryl methyl sites for hydroxylation is 2. The molecule has 2 aromatic rings. The quantitative estimate of drug-likeness (QED) is 0.754. The summed E-state index contributed by atoms with van der Waals surface area (Å²) in [6.45, 7) is 4.36. The van der Waals surface area contributed by atoms with Crippen LogP contribution in [-0.4, -0.2) is 11.2 Å². The van der Waals surface area contributed by atoms with Crippen LogP contribution in [0, 0.1) is 13.8 Å². The molecular weight excluding hydrogens is 244 g/mol. The van der Waals surface area contributed by atoms with Crippen molar-refractivity contribution in [3.05, 3.63) is 52.8 Å². The Balaban J connectivity index is 1.99. The van der Waals surface area contributed by atoms with Gasteiger partial charge in [0.1, 0.15) is 0 Å². The molecule has 1 aliphatic carbocycles. The van der Waals surface area contributed by atoms with Crippen molar-refractivity contribution in [3.8, 4) is 0 Å². The molecule has 2 nitrogen and oxygen atoms in total. The summed E-state index contributed by atoms with van der Waals surface area (Å²) in [4.78, 5) is 7.96. The SMILES string of the molecule is Cc1cc(C)c(N=Cc2ccc[nH]2)c(C2CCCC2)c1. The van der Waals surface area contributed by atoms with E-state index in [0.29, 0.717) is 5.92 Å². The first-order valence-corrected chi connectivity index (χ1v) is 7.52. The molecule has 1 saturated carbocycles. The van der Waals surface area contributed by atoms with E-state index in [0.717, 1.165) is 5.69 Å². The number of aromatic amines is 1. The maximum Gasteiger partial charge on any atom is 0.0694 e. The van der Waals surface area contributed by atoms with Crippen molar-refractivity contribution in [3.63, 3.8) is 0 Å². The maximum absolute atomic E-state index is 4.78. The van der Waals surface area contributed by atoms with Crippen LogP contribution in [0.4, 0.5) is 5.69 Å². The molecule has 0 spiro atoms. The molecule has 2 heteroatoms. The number of nitrogens with one attached hydrogen (secondary N) is 1. The molecule has 1 aliphatic rings. The van der Waals surface area contributed by atoms with E-state index >= 15 is 0 Å². The summed E-state index contributed by atoms with van der Waals surface area (Å²) in [5.74, 6) is 0.699. The van der Waals surface area contributed by atoms with Gasteiger partial charge in [0.15, 0.2) is 0 Å². The fourth-order valence-electron chi connectivity index (χ4n) is 3.28. The predicted molar refractivity (Wildman–Crippen MR) is 85.2 cm³/mol. The number of hydrogen-bond donors (Lipinski definition) is 1. The lowest BCUT2D eigenvalue weighted by Crippen LogP contribution is -1.96. The van der Waals surface area contributed by atoms with Crippen LogP contribution in [0.3, 0.4) is 0 Å². The number of benzene rings is 1. The topological polar surface area (TPSA) is 28.1 Å². The molecule has 104 valence electrons. The van der Waals surface area contributed by atoms with Gasteiger partial charge < -0.3 is 4.98 Å². The molecule has 3 rings (SSSR count). The molecule has 0 unspecified atom stereocenters. The maximum atomic E-state index is 4.78. The van der Waals surface area contributed by atoms with E-state index in [1.165, 1.54) is 48.1 Å². The molecule has 0 saturated heterocycles. The van der Waals surface area contributed by atoms with Gasteiger partial charge in [-0.1, -0.05) is 30.5 Å². The molecule has 0 radical (unpaired) electrons. The summed E-state index contributed by atoms with van der Waals surface area (Å²) >= 11 is 0. The predicted octanol–water partition coefficient (Wildman–Crippen LogP) is 5.04. The molecule has 1 aromatic carbocycles. The van der Waals surface area contributed by atoms with Gasteiger partial charge >= 0.3 is 0 Å². The van der Waals surface area contributed by atoms with Crippen LogP contribution in [0.25, 0.3) is 0 Å². The Kier molecular flexibility index (Phi) is 3.72. The van der Waals surface area contributed by atoms with Crippen molar-refractivity contribution in [1.82, 2.24) is 4.98 Å². The van der Waals surface area contributed by atoms with Crippen LogP contribution < -0.4 is 0 Å². The van der Waals surface area contributed by atoms with Crippen molar-refractivity contribution in [2.45, 2.75) is 45.4 Å². The Morgan fingerprint density at radius 3 is 2.70 bits per heavy atom. The van der Waals surface area contributed by atoms with E-state index in [2.05, 4.69) is 31.0 Å². The Morgan fingerprint density at radius 1 is 1.20 bits per heavy atom. The third-order valence-electron chi connectivity index (χ3n) is 4.22. The second kappa shape index (κ2) is 5.66. The number of aliphatic imine (C=N–C) groups is 1. The molecule has 1 heterocycles. The molecule has 1 aromatic heterocycles. The highest BCUT2D eigenvalue weighted by Crippen LogP contribution is 2.40. The number of aromatic nitrogens is 1. The van der Waals surface area contributed by atoms with E-state index < -0.39 is 0 Å². The molecule has 0 atom stereocenters. The molecule has 0 bridgehead atoms. The summed E-state index contributed by atoms with van der Waals surface area (Å²) in [6, 6.07) is 8.62. The highest BCUT2D eigenvalue weighted by Gasteiger charge is 2.21. The van der Waals surface area contributed by atoms with Crippen LogP contribution in [0.1, 0.15) is 54.0 Å². The van der Waals surface area contributed by atoms with Gasteiger partial charge in [-0.2, -0.15) is 0 Å². The van der Waals surface area contributed by atoms with E-state index in [9.17, 15) is 0 Å². The van der Waals surface area contributed by atoms with Crippen LogP contribution in [0.5, 0.6) is 0 Å². The molecule has 0 aliphatic heterocycles. The third-order valence-corrected chi connectivity index (χ3v) is 4.22.